The average Bonchev–Trinajstić information content (AvgIpc) is 2.46. The van der Waals surface area contributed by atoms with Gasteiger partial charge in [-0.15, -0.1) is 0 Å². The van der Waals surface area contributed by atoms with E-state index in [9.17, 15) is 4.79 Å². The van der Waals surface area contributed by atoms with Crippen LogP contribution in [0.5, 0.6) is 0 Å². The maximum atomic E-state index is 11.7. The van der Waals surface area contributed by atoms with Crippen molar-refractivity contribution in [3.63, 3.8) is 0 Å². The van der Waals surface area contributed by atoms with E-state index in [4.69, 9.17) is 15.3 Å². The maximum Gasteiger partial charge on any atom is 0.271 e. The molecule has 0 saturated heterocycles. The summed E-state index contributed by atoms with van der Waals surface area (Å²) < 4.78 is 10.1. The maximum absolute atomic E-state index is 11.7. The van der Waals surface area contributed by atoms with Crippen molar-refractivity contribution >= 4 is 11.7 Å². The van der Waals surface area contributed by atoms with Crippen molar-refractivity contribution in [2.45, 2.75) is 6.42 Å². The highest BCUT2D eigenvalue weighted by Crippen LogP contribution is 1.98. The van der Waals surface area contributed by atoms with Crippen molar-refractivity contribution in [2.24, 2.45) is 5.84 Å². The number of hydrogen-bond donors (Lipinski definition) is 3. The van der Waals surface area contributed by atoms with Crippen LogP contribution in [0.3, 0.4) is 0 Å². The van der Waals surface area contributed by atoms with Crippen LogP contribution in [0.2, 0.25) is 0 Å². The minimum Gasteiger partial charge on any atom is -0.382 e. The second-order valence-corrected chi connectivity index (χ2v) is 3.65. The van der Waals surface area contributed by atoms with Crippen molar-refractivity contribution < 1.29 is 14.3 Å². The number of methoxy groups -OCH3 is 1. The number of rotatable bonds is 9. The molecule has 0 spiro atoms. The number of nitrogens with two attached hydrogens (primary N) is 1. The van der Waals surface area contributed by atoms with Crippen LogP contribution in [0.15, 0.2) is 12.4 Å². The number of nitrogens with zero attached hydrogens (tertiary/aromatic N) is 2. The summed E-state index contributed by atoms with van der Waals surface area (Å²) in [6, 6.07) is 0. The van der Waals surface area contributed by atoms with Crippen molar-refractivity contribution in [3.05, 3.63) is 18.1 Å². The van der Waals surface area contributed by atoms with Crippen molar-refractivity contribution in [2.75, 3.05) is 38.9 Å². The highest BCUT2D eigenvalue weighted by Gasteiger charge is 2.06. The van der Waals surface area contributed by atoms with E-state index in [1.165, 1.54) is 12.4 Å². The predicted molar refractivity (Wildman–Crippen MR) is 69.5 cm³/mol. The summed E-state index contributed by atoms with van der Waals surface area (Å²) in [6.45, 7) is 2.22. The average molecular weight is 269 g/mol. The lowest BCUT2D eigenvalue weighted by Crippen LogP contribution is -2.26. The number of hydrazine groups is 1. The van der Waals surface area contributed by atoms with Crippen LogP contribution < -0.4 is 16.6 Å². The molecule has 106 valence electrons. The van der Waals surface area contributed by atoms with E-state index < -0.39 is 0 Å². The third-order valence-electron chi connectivity index (χ3n) is 2.22. The Bertz CT molecular complexity index is 371. The van der Waals surface area contributed by atoms with E-state index in [2.05, 4.69) is 20.7 Å². The third kappa shape index (κ3) is 6.09. The first-order valence-corrected chi connectivity index (χ1v) is 5.91. The van der Waals surface area contributed by atoms with Gasteiger partial charge in [0.2, 0.25) is 0 Å². The van der Waals surface area contributed by atoms with Crippen LogP contribution in [0.25, 0.3) is 0 Å². The molecule has 4 N–H and O–H groups in total. The summed E-state index contributed by atoms with van der Waals surface area (Å²) in [7, 11) is 1.62. The molecular formula is C11H19N5O3. The van der Waals surface area contributed by atoms with Gasteiger partial charge in [0.05, 0.1) is 25.6 Å². The first-order valence-electron chi connectivity index (χ1n) is 5.91. The van der Waals surface area contributed by atoms with E-state index in [-0.39, 0.29) is 11.6 Å². The number of nitrogens with one attached hydrogen (secondary N) is 2. The summed E-state index contributed by atoms with van der Waals surface area (Å²) in [5.41, 5.74) is 2.59. The van der Waals surface area contributed by atoms with E-state index in [0.29, 0.717) is 32.2 Å². The molecule has 0 aromatic carbocycles. The molecule has 19 heavy (non-hydrogen) atoms. The highest BCUT2D eigenvalue weighted by molar-refractivity contribution is 5.91. The standard InChI is InChI=1S/C11H19N5O3/c1-18-5-6-19-4-2-3-13-11(17)9-7-15-10(16-12)8-14-9/h7-8H,2-6,12H2,1H3,(H,13,17)(H,15,16). The summed E-state index contributed by atoms with van der Waals surface area (Å²) in [5, 5.41) is 2.72. The van der Waals surface area contributed by atoms with Gasteiger partial charge in [-0.3, -0.25) is 4.79 Å². The lowest BCUT2D eigenvalue weighted by molar-refractivity contribution is 0.0688. The van der Waals surface area contributed by atoms with Crippen LogP contribution in [-0.4, -0.2) is 49.4 Å². The number of nitrogen functional groups attached to an aromatic ring is 1. The topological polar surface area (TPSA) is 111 Å². The van der Waals surface area contributed by atoms with Gasteiger partial charge < -0.3 is 20.2 Å². The summed E-state index contributed by atoms with van der Waals surface area (Å²) >= 11 is 0. The second kappa shape index (κ2) is 9.20. The van der Waals surface area contributed by atoms with Crippen LogP contribution in [0.4, 0.5) is 5.82 Å². The van der Waals surface area contributed by atoms with Gasteiger partial charge in [-0.2, -0.15) is 0 Å². The molecule has 1 aromatic rings. The SMILES string of the molecule is COCCOCCCNC(=O)c1cnc(NN)cn1. The predicted octanol–water partition coefficient (Wildman–Crippen LogP) is -0.455. The van der Waals surface area contributed by atoms with Crippen molar-refractivity contribution in [1.82, 2.24) is 15.3 Å². The van der Waals surface area contributed by atoms with E-state index >= 15 is 0 Å². The Balaban J connectivity index is 2.16. The molecule has 0 aliphatic heterocycles. The molecular weight excluding hydrogens is 250 g/mol. The minimum absolute atomic E-state index is 0.249. The van der Waals surface area contributed by atoms with Gasteiger partial charge in [0, 0.05) is 20.3 Å². The molecule has 8 heteroatoms. The number of anilines is 1. The molecule has 0 aliphatic rings. The van der Waals surface area contributed by atoms with Gasteiger partial charge in [-0.05, 0) is 6.42 Å². The number of amides is 1. The van der Waals surface area contributed by atoms with Gasteiger partial charge in [-0.25, -0.2) is 15.8 Å². The molecule has 0 atom stereocenters. The fourth-order valence-electron chi connectivity index (χ4n) is 1.23. The normalized spacial score (nSPS) is 10.2. The Morgan fingerprint density at radius 1 is 1.32 bits per heavy atom. The van der Waals surface area contributed by atoms with Crippen LogP contribution in [0, 0.1) is 0 Å². The number of aromatic nitrogens is 2. The molecule has 0 fully saturated rings. The van der Waals surface area contributed by atoms with E-state index in [1.807, 2.05) is 0 Å². The zero-order valence-corrected chi connectivity index (χ0v) is 10.9. The zero-order chi connectivity index (χ0) is 13.9. The Hall–Kier alpha value is -1.77. The lowest BCUT2D eigenvalue weighted by Gasteiger charge is -2.06. The monoisotopic (exact) mass is 269 g/mol. The Kier molecular flexibility index (Phi) is 7.40. The number of carbonyl (C=O) groups is 1. The zero-order valence-electron chi connectivity index (χ0n) is 10.9. The molecule has 0 bridgehead atoms. The molecule has 0 aliphatic carbocycles. The van der Waals surface area contributed by atoms with Crippen molar-refractivity contribution in [1.29, 1.82) is 0 Å². The second-order valence-electron chi connectivity index (χ2n) is 3.65. The Labute approximate surface area is 111 Å². The quantitative estimate of drug-likeness (QED) is 0.316. The summed E-state index contributed by atoms with van der Waals surface area (Å²) in [5.74, 6) is 5.28. The molecule has 1 aromatic heterocycles. The smallest absolute Gasteiger partial charge is 0.271 e. The Morgan fingerprint density at radius 3 is 2.79 bits per heavy atom. The van der Waals surface area contributed by atoms with Crippen molar-refractivity contribution in [3.8, 4) is 0 Å². The Morgan fingerprint density at radius 2 is 2.16 bits per heavy atom. The number of ether oxygens (including phenoxy) is 2. The van der Waals surface area contributed by atoms with Gasteiger partial charge in [-0.1, -0.05) is 0 Å². The molecule has 1 rings (SSSR count). The van der Waals surface area contributed by atoms with Gasteiger partial charge in [0.25, 0.3) is 5.91 Å². The molecule has 1 heterocycles. The third-order valence-corrected chi connectivity index (χ3v) is 2.22. The molecule has 0 unspecified atom stereocenters. The lowest BCUT2D eigenvalue weighted by atomic mass is 10.4. The van der Waals surface area contributed by atoms with Crippen LogP contribution in [0.1, 0.15) is 16.9 Å². The van der Waals surface area contributed by atoms with Crippen LogP contribution >= 0.6 is 0 Å². The van der Waals surface area contributed by atoms with Gasteiger partial charge >= 0.3 is 0 Å². The summed E-state index contributed by atoms with van der Waals surface area (Å²) in [6.07, 6.45) is 3.48. The fraction of sp³-hybridized carbons (Fsp3) is 0.545. The molecule has 8 nitrogen and oxygen atoms in total. The molecule has 0 saturated carbocycles. The molecule has 1 amide bonds. The molecule has 0 radical (unpaired) electrons. The first kappa shape index (κ1) is 15.3. The van der Waals surface area contributed by atoms with Gasteiger partial charge in [0.1, 0.15) is 5.69 Å². The fourth-order valence-corrected chi connectivity index (χ4v) is 1.23. The summed E-state index contributed by atoms with van der Waals surface area (Å²) in [4.78, 5) is 19.5. The highest BCUT2D eigenvalue weighted by atomic mass is 16.5. The number of hydrogen-bond acceptors (Lipinski definition) is 7. The number of carbonyl (C=O) groups excluding carboxylic acids is 1. The first-order chi connectivity index (χ1) is 9.27. The van der Waals surface area contributed by atoms with E-state index in [1.54, 1.807) is 7.11 Å². The largest absolute Gasteiger partial charge is 0.382 e. The van der Waals surface area contributed by atoms with E-state index in [0.717, 1.165) is 6.42 Å². The van der Waals surface area contributed by atoms with Crippen LogP contribution in [-0.2, 0) is 9.47 Å². The van der Waals surface area contributed by atoms with Gasteiger partial charge in [0.15, 0.2) is 5.82 Å². The minimum atomic E-state index is -0.270.